The Bertz CT molecular complexity index is 916. The third-order valence-corrected chi connectivity index (χ3v) is 7.69. The Balaban J connectivity index is 1.33. The molecule has 1 saturated heterocycles. The van der Waals surface area contributed by atoms with Gasteiger partial charge in [-0.05, 0) is 55.2 Å². The number of carbonyl (C=O) groups is 1. The fourth-order valence-electron chi connectivity index (χ4n) is 4.83. The largest absolute Gasteiger partial charge is 0.494 e. The number of ether oxygens (including phenoxy) is 4. The Morgan fingerprint density at radius 3 is 2.15 bits per heavy atom. The molecule has 5 nitrogen and oxygen atoms in total. The maximum Gasteiger partial charge on any atom is 0.343 e. The van der Waals surface area contributed by atoms with Crippen LogP contribution >= 0.6 is 0 Å². The van der Waals surface area contributed by atoms with E-state index in [1.165, 1.54) is 70.6 Å². The van der Waals surface area contributed by atoms with Crippen molar-refractivity contribution >= 4 is 5.97 Å². The molecule has 1 aliphatic rings. The zero-order chi connectivity index (χ0) is 27.7. The second kappa shape index (κ2) is 18.1. The van der Waals surface area contributed by atoms with Gasteiger partial charge in [-0.15, -0.1) is 0 Å². The molecular weight excluding hydrogens is 488 g/mol. The molecule has 0 radical (unpaired) electrons. The van der Waals surface area contributed by atoms with Crippen LogP contribution in [0, 0.1) is 11.8 Å². The molecule has 0 spiro atoms. The number of esters is 1. The van der Waals surface area contributed by atoms with E-state index >= 15 is 0 Å². The molecule has 0 aliphatic carbocycles. The van der Waals surface area contributed by atoms with Gasteiger partial charge in [-0.2, -0.15) is 0 Å². The molecule has 0 bridgehead atoms. The highest BCUT2D eigenvalue weighted by Gasteiger charge is 2.23. The number of benzene rings is 2. The minimum Gasteiger partial charge on any atom is -0.494 e. The van der Waals surface area contributed by atoms with E-state index in [0.29, 0.717) is 23.8 Å². The Morgan fingerprint density at radius 2 is 1.46 bits per heavy atom. The summed E-state index contributed by atoms with van der Waals surface area (Å²) in [6.45, 7) is 8.97. The van der Waals surface area contributed by atoms with Crippen molar-refractivity contribution < 1.29 is 23.7 Å². The van der Waals surface area contributed by atoms with Gasteiger partial charge in [0.25, 0.3) is 0 Å². The monoisotopic (exact) mass is 538 g/mol. The Morgan fingerprint density at radius 1 is 0.821 bits per heavy atom. The lowest BCUT2D eigenvalue weighted by Crippen LogP contribution is -2.27. The molecule has 3 rings (SSSR count). The van der Waals surface area contributed by atoms with Crippen LogP contribution < -0.4 is 9.47 Å². The minimum atomic E-state index is -0.387. The Labute approximate surface area is 236 Å². The summed E-state index contributed by atoms with van der Waals surface area (Å²) in [4.78, 5) is 12.6. The fourth-order valence-corrected chi connectivity index (χ4v) is 4.83. The molecule has 1 fully saturated rings. The van der Waals surface area contributed by atoms with Gasteiger partial charge in [-0.3, -0.25) is 0 Å². The average Bonchev–Trinajstić information content (AvgIpc) is 2.97. The first-order valence-corrected chi connectivity index (χ1v) is 15.4. The number of rotatable bonds is 18. The standard InChI is InChI=1S/C34H50O5/c1-4-6-7-8-9-12-15-28-25-37-34(38-26-28)30-18-22-32(23-19-30)39-33(35)29-16-20-31(21-17-29)36-24-13-10-11-14-27(3)5-2/h16-23,27-28,34H,4-15,24-26H2,1-3H3. The molecule has 1 heterocycles. The van der Waals surface area contributed by atoms with E-state index in [0.717, 1.165) is 36.9 Å². The first-order valence-electron chi connectivity index (χ1n) is 15.4. The zero-order valence-corrected chi connectivity index (χ0v) is 24.5. The van der Waals surface area contributed by atoms with Crippen molar-refractivity contribution in [3.63, 3.8) is 0 Å². The maximum atomic E-state index is 12.6. The SMILES string of the molecule is CCCCCCCCC1COC(c2ccc(OC(=O)c3ccc(OCCCCCC(C)CC)cc3)cc2)OC1. The zero-order valence-electron chi connectivity index (χ0n) is 24.5. The van der Waals surface area contributed by atoms with Crippen LogP contribution in [0.1, 0.15) is 120 Å². The van der Waals surface area contributed by atoms with Crippen LogP contribution in [0.5, 0.6) is 11.5 Å². The van der Waals surface area contributed by atoms with Crippen molar-refractivity contribution in [2.75, 3.05) is 19.8 Å². The molecular formula is C34H50O5. The van der Waals surface area contributed by atoms with Crippen molar-refractivity contribution in [2.24, 2.45) is 11.8 Å². The number of hydrogen-bond acceptors (Lipinski definition) is 5. The molecule has 39 heavy (non-hydrogen) atoms. The van der Waals surface area contributed by atoms with Gasteiger partial charge < -0.3 is 18.9 Å². The van der Waals surface area contributed by atoms with Crippen LogP contribution in [0.25, 0.3) is 0 Å². The third kappa shape index (κ3) is 11.7. The molecule has 0 saturated carbocycles. The predicted molar refractivity (Wildman–Crippen MR) is 157 cm³/mol. The van der Waals surface area contributed by atoms with Gasteiger partial charge in [0.05, 0.1) is 25.4 Å². The summed E-state index contributed by atoms with van der Waals surface area (Å²) in [6.07, 6.45) is 14.7. The third-order valence-electron chi connectivity index (χ3n) is 7.69. The topological polar surface area (TPSA) is 54.0 Å². The van der Waals surface area contributed by atoms with Crippen LogP contribution in [0.2, 0.25) is 0 Å². The molecule has 5 heteroatoms. The van der Waals surface area contributed by atoms with Gasteiger partial charge >= 0.3 is 5.97 Å². The van der Waals surface area contributed by atoms with Crippen molar-refractivity contribution in [1.82, 2.24) is 0 Å². The highest BCUT2D eigenvalue weighted by atomic mass is 16.7. The second-order valence-corrected chi connectivity index (χ2v) is 11.1. The molecule has 216 valence electrons. The smallest absolute Gasteiger partial charge is 0.343 e. The summed E-state index contributed by atoms with van der Waals surface area (Å²) in [5.41, 5.74) is 1.43. The molecule has 2 aromatic carbocycles. The van der Waals surface area contributed by atoms with Crippen molar-refractivity contribution in [2.45, 2.75) is 104 Å². The van der Waals surface area contributed by atoms with Crippen LogP contribution in [0.3, 0.4) is 0 Å². The summed E-state index contributed by atoms with van der Waals surface area (Å²) >= 11 is 0. The molecule has 0 amide bonds. The van der Waals surface area contributed by atoms with E-state index in [9.17, 15) is 4.79 Å². The summed E-state index contributed by atoms with van der Waals surface area (Å²) < 4.78 is 23.4. The normalized spacial score (nSPS) is 18.0. The maximum absolute atomic E-state index is 12.6. The lowest BCUT2D eigenvalue weighted by atomic mass is 10.0. The van der Waals surface area contributed by atoms with Gasteiger partial charge in [0.1, 0.15) is 11.5 Å². The lowest BCUT2D eigenvalue weighted by molar-refractivity contribution is -0.206. The second-order valence-electron chi connectivity index (χ2n) is 11.1. The Hall–Kier alpha value is -2.37. The van der Waals surface area contributed by atoms with Crippen molar-refractivity contribution in [1.29, 1.82) is 0 Å². The van der Waals surface area contributed by atoms with Gasteiger partial charge in [-0.25, -0.2) is 4.79 Å². The van der Waals surface area contributed by atoms with E-state index in [1.807, 2.05) is 24.3 Å². The van der Waals surface area contributed by atoms with Gasteiger partial charge in [0.2, 0.25) is 0 Å². The summed E-state index contributed by atoms with van der Waals surface area (Å²) in [5.74, 6) is 2.17. The van der Waals surface area contributed by atoms with E-state index in [2.05, 4.69) is 20.8 Å². The molecule has 1 atom stereocenters. The molecule has 0 N–H and O–H groups in total. The quantitative estimate of drug-likeness (QED) is 0.107. The van der Waals surface area contributed by atoms with Gasteiger partial charge in [-0.1, -0.05) is 97.1 Å². The van der Waals surface area contributed by atoms with E-state index in [-0.39, 0.29) is 12.3 Å². The predicted octanol–water partition coefficient (Wildman–Crippen LogP) is 9.30. The highest BCUT2D eigenvalue weighted by Crippen LogP contribution is 2.29. The highest BCUT2D eigenvalue weighted by molar-refractivity contribution is 5.91. The molecule has 2 aromatic rings. The Kier molecular flexibility index (Phi) is 14.4. The van der Waals surface area contributed by atoms with Crippen LogP contribution in [-0.2, 0) is 9.47 Å². The number of carbonyl (C=O) groups excluding carboxylic acids is 1. The first-order chi connectivity index (χ1) is 19.1. The average molecular weight is 539 g/mol. The molecule has 0 aromatic heterocycles. The van der Waals surface area contributed by atoms with E-state index < -0.39 is 0 Å². The van der Waals surface area contributed by atoms with Crippen molar-refractivity contribution in [3.05, 3.63) is 59.7 Å². The summed E-state index contributed by atoms with van der Waals surface area (Å²) in [7, 11) is 0. The minimum absolute atomic E-state index is 0.358. The van der Waals surface area contributed by atoms with Gasteiger partial charge in [0.15, 0.2) is 6.29 Å². The number of unbranched alkanes of at least 4 members (excludes halogenated alkanes) is 7. The first kappa shape index (κ1) is 31.2. The molecule has 1 unspecified atom stereocenters. The van der Waals surface area contributed by atoms with E-state index in [4.69, 9.17) is 18.9 Å². The fraction of sp³-hybridized carbons (Fsp3) is 0.618. The van der Waals surface area contributed by atoms with E-state index in [1.54, 1.807) is 24.3 Å². The molecule has 1 aliphatic heterocycles. The van der Waals surface area contributed by atoms with Crippen LogP contribution in [0.15, 0.2) is 48.5 Å². The summed E-state index contributed by atoms with van der Waals surface area (Å²) in [6, 6.07) is 14.6. The van der Waals surface area contributed by atoms with Gasteiger partial charge in [0, 0.05) is 11.5 Å². The van der Waals surface area contributed by atoms with Crippen molar-refractivity contribution in [3.8, 4) is 11.5 Å². The summed E-state index contributed by atoms with van der Waals surface area (Å²) in [5, 5.41) is 0. The van der Waals surface area contributed by atoms with Crippen LogP contribution in [0.4, 0.5) is 0 Å². The number of hydrogen-bond donors (Lipinski definition) is 0. The van der Waals surface area contributed by atoms with Crippen LogP contribution in [-0.4, -0.2) is 25.8 Å². The lowest BCUT2D eigenvalue weighted by Gasteiger charge is -2.29.